The predicted molar refractivity (Wildman–Crippen MR) is 93.2 cm³/mol. The molecule has 0 bridgehead atoms. The molecule has 1 aliphatic carbocycles. The quantitative estimate of drug-likeness (QED) is 0.672. The molecule has 2 amide bonds. The number of nitrogens with zero attached hydrogens (tertiary/aromatic N) is 1. The Morgan fingerprint density at radius 3 is 2.33 bits per heavy atom. The number of rotatable bonds is 7. The summed E-state index contributed by atoms with van der Waals surface area (Å²) in [5.74, 6) is -0.878. The normalized spacial score (nSPS) is 20.7. The van der Waals surface area contributed by atoms with Gasteiger partial charge < -0.3 is 15.7 Å². The number of halogens is 3. The number of benzene rings is 1. The van der Waals surface area contributed by atoms with Crippen LogP contribution in [0.5, 0.6) is 0 Å². The average molecular weight is 387 g/mol. The number of hydrogen-bond acceptors (Lipinski definition) is 3. The van der Waals surface area contributed by atoms with Crippen LogP contribution in [0.4, 0.5) is 18.0 Å². The minimum Gasteiger partial charge on any atom is -0.480 e. The highest BCUT2D eigenvalue weighted by atomic mass is 19.4. The fourth-order valence-electron chi connectivity index (χ4n) is 3.14. The van der Waals surface area contributed by atoms with Gasteiger partial charge in [0.25, 0.3) is 0 Å². The highest BCUT2D eigenvalue weighted by Gasteiger charge is 2.35. The van der Waals surface area contributed by atoms with Crippen molar-refractivity contribution in [2.75, 3.05) is 13.1 Å². The van der Waals surface area contributed by atoms with Gasteiger partial charge in [0.15, 0.2) is 0 Å². The molecule has 1 aliphatic rings. The van der Waals surface area contributed by atoms with Gasteiger partial charge in [0.2, 0.25) is 0 Å². The minimum atomic E-state index is -4.39. The molecule has 6 nitrogen and oxygen atoms in total. The second-order valence-electron chi connectivity index (χ2n) is 6.74. The molecule has 0 heterocycles. The van der Waals surface area contributed by atoms with E-state index in [-0.39, 0.29) is 18.6 Å². The van der Waals surface area contributed by atoms with Gasteiger partial charge >= 0.3 is 18.2 Å². The Kier molecular flexibility index (Phi) is 6.69. The number of likely N-dealkylation sites (N-methyl/N-ethyl adjacent to an activating group) is 1. The summed E-state index contributed by atoms with van der Waals surface area (Å²) in [6.07, 6.45) is -3.05. The molecule has 1 saturated carbocycles. The van der Waals surface area contributed by atoms with E-state index < -0.39 is 29.8 Å². The smallest absolute Gasteiger partial charge is 0.416 e. The average Bonchev–Trinajstić information content (AvgIpc) is 2.55. The zero-order valence-corrected chi connectivity index (χ0v) is 15.2. The number of urea groups is 1. The number of carbonyl (C=O) groups excluding carboxylic acids is 1. The van der Waals surface area contributed by atoms with Crippen LogP contribution in [-0.4, -0.2) is 47.2 Å². The molecule has 1 aromatic carbocycles. The third kappa shape index (κ3) is 5.85. The molecule has 1 fully saturated rings. The Morgan fingerprint density at radius 1 is 1.26 bits per heavy atom. The second kappa shape index (κ2) is 8.60. The van der Waals surface area contributed by atoms with E-state index in [4.69, 9.17) is 5.11 Å². The van der Waals surface area contributed by atoms with Crippen molar-refractivity contribution < 1.29 is 27.9 Å². The maximum Gasteiger partial charge on any atom is 0.416 e. The van der Waals surface area contributed by atoms with Gasteiger partial charge in [0, 0.05) is 12.1 Å². The number of amides is 2. The lowest BCUT2D eigenvalue weighted by molar-refractivity contribution is -0.139. The van der Waals surface area contributed by atoms with Gasteiger partial charge in [-0.05, 0) is 44.0 Å². The van der Waals surface area contributed by atoms with Gasteiger partial charge in [-0.2, -0.15) is 13.2 Å². The third-order valence-corrected chi connectivity index (χ3v) is 4.79. The van der Waals surface area contributed by atoms with Gasteiger partial charge in [-0.25, -0.2) is 4.79 Å². The first-order valence-corrected chi connectivity index (χ1v) is 8.80. The van der Waals surface area contributed by atoms with Crippen LogP contribution >= 0.6 is 0 Å². The van der Waals surface area contributed by atoms with Crippen LogP contribution in [0.1, 0.15) is 43.9 Å². The maximum absolute atomic E-state index is 12.6. The molecule has 0 radical (unpaired) electrons. The van der Waals surface area contributed by atoms with Crippen molar-refractivity contribution in [3.05, 3.63) is 35.4 Å². The molecule has 0 saturated heterocycles. The molecule has 0 aromatic heterocycles. The van der Waals surface area contributed by atoms with Gasteiger partial charge in [-0.15, -0.1) is 0 Å². The Labute approximate surface area is 155 Å². The fraction of sp³-hybridized carbons (Fsp3) is 0.556. The molecule has 0 spiro atoms. The van der Waals surface area contributed by atoms with Crippen LogP contribution in [0.15, 0.2) is 24.3 Å². The highest BCUT2D eigenvalue weighted by Crippen LogP contribution is 2.30. The maximum atomic E-state index is 12.6. The van der Waals surface area contributed by atoms with Gasteiger partial charge in [-0.1, -0.05) is 19.1 Å². The van der Waals surface area contributed by atoms with Crippen molar-refractivity contribution in [1.82, 2.24) is 15.5 Å². The summed E-state index contributed by atoms with van der Waals surface area (Å²) in [6.45, 7) is 4.19. The van der Waals surface area contributed by atoms with Gasteiger partial charge in [-0.3, -0.25) is 9.69 Å². The molecule has 150 valence electrons. The Balaban J connectivity index is 1.78. The summed E-state index contributed by atoms with van der Waals surface area (Å²) in [7, 11) is 0. The van der Waals surface area contributed by atoms with E-state index in [1.54, 1.807) is 6.92 Å². The van der Waals surface area contributed by atoms with E-state index in [0.29, 0.717) is 24.9 Å². The lowest BCUT2D eigenvalue weighted by Gasteiger charge is -2.42. The first-order chi connectivity index (χ1) is 12.6. The number of carboxylic acid groups (broad SMARTS) is 1. The lowest BCUT2D eigenvalue weighted by atomic mass is 9.85. The van der Waals surface area contributed by atoms with E-state index in [1.807, 2.05) is 11.8 Å². The largest absolute Gasteiger partial charge is 0.480 e. The minimum absolute atomic E-state index is 0.0228. The van der Waals surface area contributed by atoms with Crippen molar-refractivity contribution in [3.8, 4) is 0 Å². The number of carbonyl (C=O) groups is 2. The van der Waals surface area contributed by atoms with Crippen LogP contribution in [0.25, 0.3) is 0 Å². The summed E-state index contributed by atoms with van der Waals surface area (Å²) in [5, 5.41) is 14.4. The molecule has 1 aromatic rings. The summed E-state index contributed by atoms with van der Waals surface area (Å²) < 4.78 is 37.8. The topological polar surface area (TPSA) is 81.7 Å². The summed E-state index contributed by atoms with van der Waals surface area (Å²) in [6, 6.07) is 3.92. The van der Waals surface area contributed by atoms with Gasteiger partial charge in [0.1, 0.15) is 0 Å². The molecular formula is C18H24F3N3O3. The van der Waals surface area contributed by atoms with E-state index in [2.05, 4.69) is 10.6 Å². The molecule has 0 aliphatic heterocycles. The SMILES string of the molecule is CCN(CC(=O)O)C1CC(NC(=O)N[C@@H](C)c2ccc(C(F)(F)F)cc2)C1. The van der Waals surface area contributed by atoms with Crippen LogP contribution < -0.4 is 10.6 Å². The fourth-order valence-corrected chi connectivity index (χ4v) is 3.14. The summed E-state index contributed by atoms with van der Waals surface area (Å²) >= 11 is 0. The van der Waals surface area contributed by atoms with Crippen molar-refractivity contribution in [2.45, 2.75) is 51.0 Å². The highest BCUT2D eigenvalue weighted by molar-refractivity contribution is 5.75. The number of carboxylic acids is 1. The zero-order chi connectivity index (χ0) is 20.2. The number of aliphatic carboxylic acids is 1. The van der Waals surface area contributed by atoms with E-state index in [0.717, 1.165) is 12.1 Å². The Bertz CT molecular complexity index is 658. The first kappa shape index (κ1) is 21.0. The van der Waals surface area contributed by atoms with Crippen molar-refractivity contribution >= 4 is 12.0 Å². The molecule has 1 atom stereocenters. The van der Waals surface area contributed by atoms with Crippen molar-refractivity contribution in [2.24, 2.45) is 0 Å². The molecule has 3 N–H and O–H groups in total. The first-order valence-electron chi connectivity index (χ1n) is 8.80. The van der Waals surface area contributed by atoms with Crippen LogP contribution in [0, 0.1) is 0 Å². The summed E-state index contributed by atoms with van der Waals surface area (Å²) in [5.41, 5.74) is -0.159. The van der Waals surface area contributed by atoms with E-state index >= 15 is 0 Å². The Morgan fingerprint density at radius 2 is 1.85 bits per heavy atom. The molecule has 2 rings (SSSR count). The van der Waals surface area contributed by atoms with Crippen LogP contribution in [-0.2, 0) is 11.0 Å². The van der Waals surface area contributed by atoms with E-state index in [1.165, 1.54) is 12.1 Å². The lowest BCUT2D eigenvalue weighted by Crippen LogP contribution is -2.56. The van der Waals surface area contributed by atoms with Crippen molar-refractivity contribution in [1.29, 1.82) is 0 Å². The monoisotopic (exact) mass is 387 g/mol. The molecule has 27 heavy (non-hydrogen) atoms. The Hall–Kier alpha value is -2.29. The number of alkyl halides is 3. The van der Waals surface area contributed by atoms with Crippen molar-refractivity contribution in [3.63, 3.8) is 0 Å². The third-order valence-electron chi connectivity index (χ3n) is 4.79. The molecule has 9 heteroatoms. The van der Waals surface area contributed by atoms with E-state index in [9.17, 15) is 22.8 Å². The number of nitrogens with one attached hydrogen (secondary N) is 2. The molecular weight excluding hydrogens is 363 g/mol. The predicted octanol–water partition coefficient (Wildman–Crippen LogP) is 3.00. The zero-order valence-electron chi connectivity index (χ0n) is 15.2. The molecule has 0 unspecified atom stereocenters. The van der Waals surface area contributed by atoms with Crippen LogP contribution in [0.2, 0.25) is 0 Å². The second-order valence-corrected chi connectivity index (χ2v) is 6.74. The summed E-state index contributed by atoms with van der Waals surface area (Å²) in [4.78, 5) is 24.7. The standard InChI is InChI=1S/C18H24F3N3O3/c1-3-24(10-16(25)26)15-8-14(9-15)23-17(27)22-11(2)12-4-6-13(7-5-12)18(19,20)21/h4-7,11,14-15H,3,8-10H2,1-2H3,(H,25,26)(H2,22,23,27)/t11-,14?,15?/m0/s1. The van der Waals surface area contributed by atoms with Crippen LogP contribution in [0.3, 0.4) is 0 Å². The number of hydrogen-bond donors (Lipinski definition) is 3. The van der Waals surface area contributed by atoms with Gasteiger partial charge in [0.05, 0.1) is 18.2 Å².